The lowest BCUT2D eigenvalue weighted by atomic mass is 9.96. The molecular formula is C20H23ClN8O. The second-order valence-electron chi connectivity index (χ2n) is 7.73. The van der Waals surface area contributed by atoms with Crippen molar-refractivity contribution < 1.29 is 4.42 Å². The third-order valence-corrected chi connectivity index (χ3v) is 5.97. The van der Waals surface area contributed by atoms with E-state index in [0.717, 1.165) is 31.0 Å². The predicted molar refractivity (Wildman–Crippen MR) is 116 cm³/mol. The van der Waals surface area contributed by atoms with Gasteiger partial charge in [0.25, 0.3) is 0 Å². The number of hydrogen-bond donors (Lipinski definition) is 3. The first-order valence-corrected chi connectivity index (χ1v) is 10.3. The van der Waals surface area contributed by atoms with Crippen molar-refractivity contribution in [1.29, 1.82) is 0 Å². The van der Waals surface area contributed by atoms with E-state index in [-0.39, 0.29) is 11.9 Å². The summed E-state index contributed by atoms with van der Waals surface area (Å²) in [5, 5.41) is 2.31. The number of furan rings is 1. The lowest BCUT2D eigenvalue weighted by Crippen LogP contribution is -2.55. The van der Waals surface area contributed by atoms with E-state index in [1.54, 1.807) is 11.3 Å². The van der Waals surface area contributed by atoms with Crippen LogP contribution in [0, 0.1) is 0 Å². The van der Waals surface area contributed by atoms with Crippen LogP contribution in [0.1, 0.15) is 30.6 Å². The number of nitrogens with one attached hydrogen (secondary N) is 1. The molecule has 1 saturated heterocycles. The molecule has 4 heterocycles. The highest BCUT2D eigenvalue weighted by Crippen LogP contribution is 2.38. The van der Waals surface area contributed by atoms with Crippen molar-refractivity contribution >= 4 is 29.5 Å². The van der Waals surface area contributed by atoms with Gasteiger partial charge in [-0.3, -0.25) is 4.90 Å². The number of likely N-dealkylation sites (tertiary alicyclic amines) is 1. The number of nitrogens with zero attached hydrogens (tertiary/aromatic N) is 5. The minimum Gasteiger partial charge on any atom is -0.465 e. The molecule has 3 aliphatic rings. The first-order valence-electron chi connectivity index (χ1n) is 9.91. The predicted octanol–water partition coefficient (Wildman–Crippen LogP) is 1.96. The molecular weight excluding hydrogens is 404 g/mol. The minimum absolute atomic E-state index is 0.0878. The van der Waals surface area contributed by atoms with Gasteiger partial charge in [-0.2, -0.15) is 15.4 Å². The first kappa shape index (κ1) is 19.1. The lowest BCUT2D eigenvalue weighted by molar-refractivity contribution is 0.147. The van der Waals surface area contributed by atoms with E-state index >= 15 is 0 Å². The fourth-order valence-electron chi connectivity index (χ4n) is 4.33. The average molecular weight is 427 g/mol. The number of rotatable bonds is 5. The van der Waals surface area contributed by atoms with Gasteiger partial charge >= 0.3 is 0 Å². The van der Waals surface area contributed by atoms with Crippen LogP contribution in [0.3, 0.4) is 0 Å². The average Bonchev–Trinajstić information content (AvgIpc) is 3.45. The second kappa shape index (κ2) is 7.42. The highest BCUT2D eigenvalue weighted by molar-refractivity contribution is 6.30. The van der Waals surface area contributed by atoms with Crippen molar-refractivity contribution in [3.8, 4) is 0 Å². The summed E-state index contributed by atoms with van der Waals surface area (Å²) in [5.41, 5.74) is 15.6. The molecule has 9 nitrogen and oxygen atoms in total. The zero-order valence-corrected chi connectivity index (χ0v) is 17.1. The highest BCUT2D eigenvalue weighted by atomic mass is 35.5. The van der Waals surface area contributed by atoms with Gasteiger partial charge in [-0.25, -0.2) is 10.0 Å². The van der Waals surface area contributed by atoms with Crippen LogP contribution in [0.5, 0.6) is 0 Å². The van der Waals surface area contributed by atoms with Crippen LogP contribution in [-0.2, 0) is 12.2 Å². The van der Waals surface area contributed by atoms with Gasteiger partial charge in [0.15, 0.2) is 5.66 Å². The Labute approximate surface area is 179 Å². The third kappa shape index (κ3) is 3.45. The number of halogens is 1. The smallest absolute Gasteiger partial charge is 0.248 e. The summed E-state index contributed by atoms with van der Waals surface area (Å²) in [6.07, 6.45) is 4.53. The number of fused-ring (bicyclic) bond motifs is 1. The number of nitrogens with two attached hydrogens (primary N) is 2. The first-order chi connectivity index (χ1) is 14.5. The third-order valence-electron chi connectivity index (χ3n) is 5.72. The molecule has 2 atom stereocenters. The van der Waals surface area contributed by atoms with Crippen molar-refractivity contribution in [3.05, 3.63) is 59.0 Å². The molecule has 0 saturated carbocycles. The van der Waals surface area contributed by atoms with Gasteiger partial charge in [0.05, 0.1) is 6.26 Å². The minimum atomic E-state index is -0.833. The standard InChI is InChI=1S/C20H23ClN8O/c21-14-7-5-13(6-8-14)12-28-9-1-3-15(28)11-20(16-4-2-10-30-16)26-19-25-17(22)24-18(23)29(19)27-20/h2,4-8,10,15,27H,1,3,9,11-12H2,(H4,22,23,24,25,26). The molecule has 2 unspecified atom stereocenters. The van der Waals surface area contributed by atoms with Crippen LogP contribution in [0.4, 0.5) is 0 Å². The summed E-state index contributed by atoms with van der Waals surface area (Å²) in [7, 11) is 0. The number of guanidine groups is 3. The van der Waals surface area contributed by atoms with E-state index in [1.165, 1.54) is 5.56 Å². The van der Waals surface area contributed by atoms with E-state index in [2.05, 4.69) is 32.4 Å². The molecule has 5 N–H and O–H groups in total. The van der Waals surface area contributed by atoms with Crippen molar-refractivity contribution in [3.63, 3.8) is 0 Å². The normalized spacial score (nSPS) is 26.4. The largest absolute Gasteiger partial charge is 0.465 e. The van der Waals surface area contributed by atoms with Crippen LogP contribution in [0.15, 0.2) is 62.1 Å². The SMILES string of the molecule is NC1=NC2=NC(CC3CCCN3Cc3ccc(Cl)cc3)(c3ccco3)NN2C(N)=N1. The molecule has 0 radical (unpaired) electrons. The summed E-state index contributed by atoms with van der Waals surface area (Å²) in [6.45, 7) is 1.88. The highest BCUT2D eigenvalue weighted by Gasteiger charge is 2.48. The monoisotopic (exact) mass is 426 g/mol. The summed E-state index contributed by atoms with van der Waals surface area (Å²) in [5.74, 6) is 1.38. The van der Waals surface area contributed by atoms with E-state index in [0.29, 0.717) is 24.2 Å². The van der Waals surface area contributed by atoms with Gasteiger partial charge < -0.3 is 15.9 Å². The summed E-state index contributed by atoms with van der Waals surface area (Å²) in [6, 6.07) is 12.1. The van der Waals surface area contributed by atoms with E-state index < -0.39 is 5.66 Å². The number of hydrogen-bond acceptors (Lipinski definition) is 9. The maximum Gasteiger partial charge on any atom is 0.248 e. The molecule has 1 aromatic heterocycles. The molecule has 5 rings (SSSR count). The number of aliphatic imine (C=N–C) groups is 3. The van der Waals surface area contributed by atoms with E-state index in [4.69, 9.17) is 32.5 Å². The number of hydrazine groups is 1. The molecule has 0 spiro atoms. The Balaban J connectivity index is 1.43. The molecule has 0 bridgehead atoms. The van der Waals surface area contributed by atoms with E-state index in [1.807, 2.05) is 24.3 Å². The van der Waals surface area contributed by atoms with Gasteiger partial charge in [0, 0.05) is 24.0 Å². The van der Waals surface area contributed by atoms with Crippen molar-refractivity contribution in [1.82, 2.24) is 15.3 Å². The van der Waals surface area contributed by atoms with Crippen LogP contribution < -0.4 is 16.9 Å². The van der Waals surface area contributed by atoms with Crippen LogP contribution in [-0.4, -0.2) is 40.4 Å². The lowest BCUT2D eigenvalue weighted by Gasteiger charge is -2.33. The van der Waals surface area contributed by atoms with Gasteiger partial charge in [-0.05, 0) is 49.2 Å². The molecule has 0 amide bonds. The Morgan fingerprint density at radius 1 is 1.20 bits per heavy atom. The maximum atomic E-state index is 6.05. The summed E-state index contributed by atoms with van der Waals surface area (Å²) < 4.78 is 5.78. The molecule has 30 heavy (non-hydrogen) atoms. The van der Waals surface area contributed by atoms with Crippen molar-refractivity contribution in [2.45, 2.75) is 37.5 Å². The molecule has 2 aromatic rings. The van der Waals surface area contributed by atoms with Gasteiger partial charge in [-0.1, -0.05) is 23.7 Å². The maximum absolute atomic E-state index is 6.05. The van der Waals surface area contributed by atoms with Crippen LogP contribution in [0.25, 0.3) is 0 Å². The Bertz CT molecular complexity index is 1020. The molecule has 0 aliphatic carbocycles. The molecule has 10 heteroatoms. The van der Waals surface area contributed by atoms with Crippen molar-refractivity contribution in [2.75, 3.05) is 6.54 Å². The van der Waals surface area contributed by atoms with Crippen LogP contribution >= 0.6 is 11.6 Å². The zero-order chi connectivity index (χ0) is 20.7. The van der Waals surface area contributed by atoms with Gasteiger partial charge in [0.2, 0.25) is 17.9 Å². The molecule has 1 fully saturated rings. The fourth-order valence-corrected chi connectivity index (χ4v) is 4.45. The van der Waals surface area contributed by atoms with Gasteiger partial charge in [0.1, 0.15) is 5.76 Å². The Kier molecular flexibility index (Phi) is 4.73. The molecule has 3 aliphatic heterocycles. The molecule has 1 aromatic carbocycles. The van der Waals surface area contributed by atoms with E-state index in [9.17, 15) is 0 Å². The fraction of sp³-hybridized carbons (Fsp3) is 0.350. The number of benzene rings is 1. The summed E-state index contributed by atoms with van der Waals surface area (Å²) >= 11 is 6.04. The quantitative estimate of drug-likeness (QED) is 0.672. The Hall–Kier alpha value is -2.88. The van der Waals surface area contributed by atoms with Gasteiger partial charge in [-0.15, -0.1) is 0 Å². The molecule has 156 valence electrons. The Morgan fingerprint density at radius 2 is 2.03 bits per heavy atom. The summed E-state index contributed by atoms with van der Waals surface area (Å²) in [4.78, 5) is 15.6. The van der Waals surface area contributed by atoms with Crippen LogP contribution in [0.2, 0.25) is 5.02 Å². The topological polar surface area (TPSA) is 121 Å². The van der Waals surface area contributed by atoms with Crippen molar-refractivity contribution in [2.24, 2.45) is 26.4 Å². The zero-order valence-electron chi connectivity index (χ0n) is 16.3. The second-order valence-corrected chi connectivity index (χ2v) is 8.17. The Morgan fingerprint density at radius 3 is 2.80 bits per heavy atom.